The number of carbonyl (C=O) groups is 1. The van der Waals surface area contributed by atoms with Crippen LogP contribution < -0.4 is 9.47 Å². The predicted molar refractivity (Wildman–Crippen MR) is 84.2 cm³/mol. The van der Waals surface area contributed by atoms with E-state index in [9.17, 15) is 4.79 Å². The Balaban J connectivity index is 2.07. The van der Waals surface area contributed by atoms with E-state index in [1.54, 1.807) is 19.1 Å². The van der Waals surface area contributed by atoms with Crippen molar-refractivity contribution in [2.75, 3.05) is 27.9 Å². The van der Waals surface area contributed by atoms with Gasteiger partial charge in [0, 0.05) is 31.8 Å². The average molecular weight is 307 g/mol. The maximum Gasteiger partial charge on any atom is 0.228 e. The largest absolute Gasteiger partial charge is 0.497 e. The molecule has 2 unspecified atom stereocenters. The molecular weight excluding hydrogens is 282 g/mol. The van der Waals surface area contributed by atoms with Crippen LogP contribution in [0.3, 0.4) is 0 Å². The zero-order valence-electron chi connectivity index (χ0n) is 13.8. The fraction of sp³-hybridized carbons (Fsp3) is 0.588. The summed E-state index contributed by atoms with van der Waals surface area (Å²) >= 11 is 0. The van der Waals surface area contributed by atoms with Crippen molar-refractivity contribution in [1.29, 1.82) is 0 Å². The zero-order valence-corrected chi connectivity index (χ0v) is 13.8. The van der Waals surface area contributed by atoms with Crippen molar-refractivity contribution in [3.05, 3.63) is 23.8 Å². The van der Waals surface area contributed by atoms with Gasteiger partial charge in [0.1, 0.15) is 11.5 Å². The first-order valence-corrected chi connectivity index (χ1v) is 7.64. The third kappa shape index (κ3) is 3.71. The second kappa shape index (κ2) is 7.49. The van der Waals surface area contributed by atoms with Gasteiger partial charge in [-0.05, 0) is 31.9 Å². The lowest BCUT2D eigenvalue weighted by atomic mass is 9.94. The van der Waals surface area contributed by atoms with Gasteiger partial charge in [0.25, 0.3) is 0 Å². The summed E-state index contributed by atoms with van der Waals surface area (Å²) < 4.78 is 16.2. The van der Waals surface area contributed by atoms with Gasteiger partial charge in [0.2, 0.25) is 5.91 Å². The second-order valence-corrected chi connectivity index (χ2v) is 5.70. The molecule has 2 rings (SSSR count). The first kappa shape index (κ1) is 16.6. The minimum absolute atomic E-state index is 0.0125. The molecule has 122 valence electrons. The molecule has 0 aromatic heterocycles. The van der Waals surface area contributed by atoms with E-state index in [4.69, 9.17) is 14.2 Å². The summed E-state index contributed by atoms with van der Waals surface area (Å²) in [4.78, 5) is 14.4. The SMILES string of the molecule is COc1ccc(CN(C)C(=O)C2CCCOC2C)c(OC)c1. The minimum atomic E-state index is -0.0528. The van der Waals surface area contributed by atoms with E-state index in [2.05, 4.69) is 0 Å². The molecule has 1 amide bonds. The molecule has 0 bridgehead atoms. The second-order valence-electron chi connectivity index (χ2n) is 5.70. The quantitative estimate of drug-likeness (QED) is 0.838. The Bertz CT molecular complexity index is 517. The lowest BCUT2D eigenvalue weighted by Gasteiger charge is -2.31. The maximum atomic E-state index is 12.6. The first-order valence-electron chi connectivity index (χ1n) is 7.64. The fourth-order valence-corrected chi connectivity index (χ4v) is 2.85. The smallest absolute Gasteiger partial charge is 0.228 e. The molecule has 0 spiro atoms. The molecule has 1 aliphatic rings. The zero-order chi connectivity index (χ0) is 16.1. The molecular formula is C17H25NO4. The van der Waals surface area contributed by atoms with Crippen molar-refractivity contribution in [3.8, 4) is 11.5 Å². The molecule has 22 heavy (non-hydrogen) atoms. The van der Waals surface area contributed by atoms with E-state index in [1.165, 1.54) is 0 Å². The number of ether oxygens (including phenoxy) is 3. The Morgan fingerprint density at radius 3 is 2.77 bits per heavy atom. The summed E-state index contributed by atoms with van der Waals surface area (Å²) in [6.45, 7) is 3.24. The number of benzene rings is 1. The summed E-state index contributed by atoms with van der Waals surface area (Å²) in [6.07, 6.45) is 1.83. The summed E-state index contributed by atoms with van der Waals surface area (Å²) in [5.74, 6) is 1.55. The van der Waals surface area contributed by atoms with Gasteiger partial charge in [-0.25, -0.2) is 0 Å². The van der Waals surface area contributed by atoms with Crippen LogP contribution in [0.4, 0.5) is 0 Å². The Kier molecular flexibility index (Phi) is 5.66. The number of hydrogen-bond acceptors (Lipinski definition) is 4. The molecule has 2 atom stereocenters. The fourth-order valence-electron chi connectivity index (χ4n) is 2.85. The van der Waals surface area contributed by atoms with Crippen LogP contribution in [-0.2, 0) is 16.1 Å². The molecule has 1 saturated heterocycles. The number of methoxy groups -OCH3 is 2. The standard InChI is InChI=1S/C17H25NO4/c1-12-15(6-5-9-22-12)17(19)18(2)11-13-7-8-14(20-3)10-16(13)21-4/h7-8,10,12,15H,5-6,9,11H2,1-4H3. The van der Waals surface area contributed by atoms with Crippen LogP contribution >= 0.6 is 0 Å². The van der Waals surface area contributed by atoms with Crippen LogP contribution in [0.25, 0.3) is 0 Å². The highest BCUT2D eigenvalue weighted by molar-refractivity contribution is 5.79. The average Bonchev–Trinajstić information content (AvgIpc) is 2.55. The van der Waals surface area contributed by atoms with Crippen LogP contribution in [0.2, 0.25) is 0 Å². The number of carbonyl (C=O) groups excluding carboxylic acids is 1. The molecule has 1 heterocycles. The molecule has 1 fully saturated rings. The lowest BCUT2D eigenvalue weighted by Crippen LogP contribution is -2.40. The normalized spacial score (nSPS) is 21.3. The molecule has 1 aromatic rings. The third-order valence-electron chi connectivity index (χ3n) is 4.20. The molecule has 0 radical (unpaired) electrons. The van der Waals surface area contributed by atoms with Crippen molar-refractivity contribution in [2.45, 2.75) is 32.4 Å². The minimum Gasteiger partial charge on any atom is -0.497 e. The van der Waals surface area contributed by atoms with Crippen LogP contribution in [-0.4, -0.2) is 44.8 Å². The molecule has 5 nitrogen and oxygen atoms in total. The van der Waals surface area contributed by atoms with E-state index >= 15 is 0 Å². The highest BCUT2D eigenvalue weighted by Gasteiger charge is 2.30. The molecule has 0 saturated carbocycles. The van der Waals surface area contributed by atoms with Crippen LogP contribution in [0.5, 0.6) is 11.5 Å². The van der Waals surface area contributed by atoms with Crippen LogP contribution in [0.15, 0.2) is 18.2 Å². The van der Waals surface area contributed by atoms with Gasteiger partial charge >= 0.3 is 0 Å². The van der Waals surface area contributed by atoms with Gasteiger partial charge in [0.15, 0.2) is 0 Å². The first-order chi connectivity index (χ1) is 10.6. The highest BCUT2D eigenvalue weighted by Crippen LogP contribution is 2.27. The monoisotopic (exact) mass is 307 g/mol. The summed E-state index contributed by atoms with van der Waals surface area (Å²) in [5, 5.41) is 0. The highest BCUT2D eigenvalue weighted by atomic mass is 16.5. The number of nitrogens with zero attached hydrogens (tertiary/aromatic N) is 1. The van der Waals surface area contributed by atoms with Gasteiger partial charge in [-0.15, -0.1) is 0 Å². The van der Waals surface area contributed by atoms with E-state index < -0.39 is 0 Å². The summed E-state index contributed by atoms with van der Waals surface area (Å²) in [7, 11) is 5.07. The Labute approximate surface area is 132 Å². The van der Waals surface area contributed by atoms with Crippen molar-refractivity contribution in [1.82, 2.24) is 4.90 Å². The molecule has 0 N–H and O–H groups in total. The maximum absolute atomic E-state index is 12.6. The Hall–Kier alpha value is -1.75. The van der Waals surface area contributed by atoms with Crippen LogP contribution in [0.1, 0.15) is 25.3 Å². The molecule has 1 aromatic carbocycles. The van der Waals surface area contributed by atoms with Gasteiger partial charge < -0.3 is 19.1 Å². The van der Waals surface area contributed by atoms with E-state index in [1.807, 2.05) is 32.2 Å². The van der Waals surface area contributed by atoms with Crippen molar-refractivity contribution < 1.29 is 19.0 Å². The van der Waals surface area contributed by atoms with Gasteiger partial charge in [-0.3, -0.25) is 4.79 Å². The van der Waals surface area contributed by atoms with Gasteiger partial charge in [-0.1, -0.05) is 0 Å². The summed E-state index contributed by atoms with van der Waals surface area (Å²) in [5.41, 5.74) is 0.962. The van der Waals surface area contributed by atoms with Gasteiger partial charge in [-0.2, -0.15) is 0 Å². The van der Waals surface area contributed by atoms with Crippen LogP contribution in [0, 0.1) is 5.92 Å². The predicted octanol–water partition coefficient (Wildman–Crippen LogP) is 2.48. The molecule has 1 aliphatic heterocycles. The Morgan fingerprint density at radius 2 is 2.14 bits per heavy atom. The van der Waals surface area contributed by atoms with Gasteiger partial charge in [0.05, 0.1) is 26.2 Å². The number of rotatable bonds is 5. The molecule has 5 heteroatoms. The topological polar surface area (TPSA) is 48.0 Å². The van der Waals surface area contributed by atoms with E-state index in [-0.39, 0.29) is 17.9 Å². The third-order valence-corrected chi connectivity index (χ3v) is 4.20. The summed E-state index contributed by atoms with van der Waals surface area (Å²) in [6, 6.07) is 5.64. The number of amides is 1. The Morgan fingerprint density at radius 1 is 1.36 bits per heavy atom. The van der Waals surface area contributed by atoms with Crippen molar-refractivity contribution in [3.63, 3.8) is 0 Å². The number of hydrogen-bond donors (Lipinski definition) is 0. The van der Waals surface area contributed by atoms with Crippen molar-refractivity contribution >= 4 is 5.91 Å². The van der Waals surface area contributed by atoms with E-state index in [0.29, 0.717) is 6.54 Å². The van der Waals surface area contributed by atoms with Crippen molar-refractivity contribution in [2.24, 2.45) is 5.92 Å². The lowest BCUT2D eigenvalue weighted by molar-refractivity contribution is -0.143. The molecule has 0 aliphatic carbocycles. The van der Waals surface area contributed by atoms with E-state index in [0.717, 1.165) is 36.5 Å².